The standard InChI is InChI=1S/C20H16O5/c21-19(22)16-8-6-15-13-17(9-7-14(15)12-16)20(23)25-11-10-24-18-4-2-1-3-5-18/h1-9,12-13H,10-11H2,(H,21,22). The Morgan fingerprint density at radius 1 is 0.800 bits per heavy atom. The quantitative estimate of drug-likeness (QED) is 0.548. The van der Waals surface area contributed by atoms with Gasteiger partial charge < -0.3 is 14.6 Å². The first-order valence-electron chi connectivity index (χ1n) is 7.75. The molecule has 0 aliphatic rings. The summed E-state index contributed by atoms with van der Waals surface area (Å²) in [6.45, 7) is 0.412. The number of carboxylic acid groups (broad SMARTS) is 1. The third-order valence-corrected chi connectivity index (χ3v) is 3.65. The molecule has 0 atom stereocenters. The normalized spacial score (nSPS) is 10.4. The maximum absolute atomic E-state index is 12.1. The first-order valence-corrected chi connectivity index (χ1v) is 7.75. The molecule has 0 amide bonds. The molecule has 0 aliphatic heterocycles. The zero-order chi connectivity index (χ0) is 17.6. The van der Waals surface area contributed by atoms with Crippen molar-refractivity contribution in [3.63, 3.8) is 0 Å². The van der Waals surface area contributed by atoms with E-state index in [2.05, 4.69) is 0 Å². The van der Waals surface area contributed by atoms with Crippen molar-refractivity contribution < 1.29 is 24.2 Å². The fraction of sp³-hybridized carbons (Fsp3) is 0.100. The minimum absolute atomic E-state index is 0.143. The number of esters is 1. The predicted octanol–water partition coefficient (Wildman–Crippen LogP) is 3.77. The topological polar surface area (TPSA) is 72.8 Å². The van der Waals surface area contributed by atoms with Crippen LogP contribution in [-0.2, 0) is 4.74 Å². The van der Waals surface area contributed by atoms with Gasteiger partial charge in [-0.1, -0.05) is 30.3 Å². The Bertz CT molecular complexity index is 902. The Labute approximate surface area is 144 Å². The van der Waals surface area contributed by atoms with Crippen LogP contribution in [0.15, 0.2) is 66.7 Å². The van der Waals surface area contributed by atoms with Gasteiger partial charge in [-0.2, -0.15) is 0 Å². The third kappa shape index (κ3) is 4.14. The molecule has 0 spiro atoms. The highest BCUT2D eigenvalue weighted by Gasteiger charge is 2.09. The molecule has 5 nitrogen and oxygen atoms in total. The largest absolute Gasteiger partial charge is 0.490 e. The number of carboxylic acids is 1. The van der Waals surface area contributed by atoms with Gasteiger partial charge in [0.25, 0.3) is 0 Å². The van der Waals surface area contributed by atoms with Crippen molar-refractivity contribution in [2.75, 3.05) is 13.2 Å². The Morgan fingerprint density at radius 3 is 2.12 bits per heavy atom. The number of fused-ring (bicyclic) bond motifs is 1. The SMILES string of the molecule is O=C(O)c1ccc2cc(C(=O)OCCOc3ccccc3)ccc2c1. The van der Waals surface area contributed by atoms with E-state index >= 15 is 0 Å². The van der Waals surface area contributed by atoms with Gasteiger partial charge in [0, 0.05) is 0 Å². The van der Waals surface area contributed by atoms with Crippen molar-refractivity contribution in [2.24, 2.45) is 0 Å². The molecular weight excluding hydrogens is 320 g/mol. The van der Waals surface area contributed by atoms with Crippen LogP contribution in [0.5, 0.6) is 5.75 Å². The smallest absolute Gasteiger partial charge is 0.338 e. The number of aromatic carboxylic acids is 1. The van der Waals surface area contributed by atoms with Crippen LogP contribution in [0.25, 0.3) is 10.8 Å². The van der Waals surface area contributed by atoms with Crippen LogP contribution in [0.4, 0.5) is 0 Å². The molecule has 126 valence electrons. The van der Waals surface area contributed by atoms with Crippen molar-refractivity contribution >= 4 is 22.7 Å². The molecule has 0 unspecified atom stereocenters. The summed E-state index contributed by atoms with van der Waals surface area (Å²) in [4.78, 5) is 23.1. The number of para-hydroxylation sites is 1. The van der Waals surface area contributed by atoms with Gasteiger partial charge in [-0.25, -0.2) is 9.59 Å². The number of carbonyl (C=O) groups is 2. The van der Waals surface area contributed by atoms with Crippen LogP contribution in [0.2, 0.25) is 0 Å². The summed E-state index contributed by atoms with van der Waals surface area (Å²) in [6, 6.07) is 19.0. The van der Waals surface area contributed by atoms with E-state index in [-0.39, 0.29) is 18.8 Å². The highest BCUT2D eigenvalue weighted by atomic mass is 16.6. The second-order valence-electron chi connectivity index (χ2n) is 5.38. The summed E-state index contributed by atoms with van der Waals surface area (Å²) in [5.41, 5.74) is 0.621. The van der Waals surface area contributed by atoms with Crippen molar-refractivity contribution in [1.82, 2.24) is 0 Å². The second kappa shape index (κ2) is 7.49. The fourth-order valence-electron chi connectivity index (χ4n) is 2.40. The van der Waals surface area contributed by atoms with E-state index in [0.717, 1.165) is 16.5 Å². The summed E-state index contributed by atoms with van der Waals surface area (Å²) in [6.07, 6.45) is 0. The van der Waals surface area contributed by atoms with Crippen LogP contribution >= 0.6 is 0 Å². The summed E-state index contributed by atoms with van der Waals surface area (Å²) in [5.74, 6) is -0.705. The van der Waals surface area contributed by atoms with Gasteiger partial charge in [0.05, 0.1) is 11.1 Å². The molecule has 0 fully saturated rings. The van der Waals surface area contributed by atoms with Gasteiger partial charge in [-0.15, -0.1) is 0 Å². The van der Waals surface area contributed by atoms with E-state index < -0.39 is 11.9 Å². The zero-order valence-electron chi connectivity index (χ0n) is 13.3. The van der Waals surface area contributed by atoms with Gasteiger partial charge >= 0.3 is 11.9 Å². The molecule has 0 saturated carbocycles. The summed E-state index contributed by atoms with van der Waals surface area (Å²) < 4.78 is 10.7. The van der Waals surface area contributed by atoms with E-state index in [4.69, 9.17) is 14.6 Å². The first kappa shape index (κ1) is 16.5. The summed E-state index contributed by atoms with van der Waals surface area (Å²) >= 11 is 0. The Balaban J connectivity index is 1.60. The lowest BCUT2D eigenvalue weighted by Crippen LogP contribution is -2.12. The van der Waals surface area contributed by atoms with Crippen molar-refractivity contribution in [3.05, 3.63) is 77.9 Å². The minimum Gasteiger partial charge on any atom is -0.490 e. The first-order chi connectivity index (χ1) is 12.1. The van der Waals surface area contributed by atoms with Gasteiger partial charge in [0.15, 0.2) is 0 Å². The maximum Gasteiger partial charge on any atom is 0.338 e. The number of rotatable bonds is 6. The van der Waals surface area contributed by atoms with Crippen LogP contribution < -0.4 is 4.74 Å². The van der Waals surface area contributed by atoms with Crippen molar-refractivity contribution in [2.45, 2.75) is 0 Å². The Hall–Kier alpha value is -3.34. The van der Waals surface area contributed by atoms with Gasteiger partial charge in [-0.3, -0.25) is 0 Å². The Morgan fingerprint density at radius 2 is 1.44 bits per heavy atom. The molecule has 3 aromatic carbocycles. The average Bonchev–Trinajstić information content (AvgIpc) is 2.65. The number of benzene rings is 3. The molecule has 0 saturated heterocycles. The fourth-order valence-corrected chi connectivity index (χ4v) is 2.40. The van der Waals surface area contributed by atoms with Crippen LogP contribution in [0.1, 0.15) is 20.7 Å². The lowest BCUT2D eigenvalue weighted by molar-refractivity contribution is 0.0450. The van der Waals surface area contributed by atoms with E-state index in [9.17, 15) is 9.59 Å². The zero-order valence-corrected chi connectivity index (χ0v) is 13.3. The number of hydrogen-bond acceptors (Lipinski definition) is 4. The monoisotopic (exact) mass is 336 g/mol. The molecule has 0 bridgehead atoms. The van der Waals surface area contributed by atoms with E-state index in [1.807, 2.05) is 30.3 Å². The molecule has 0 aromatic heterocycles. The second-order valence-corrected chi connectivity index (χ2v) is 5.38. The maximum atomic E-state index is 12.1. The van der Waals surface area contributed by atoms with Crippen molar-refractivity contribution in [1.29, 1.82) is 0 Å². The third-order valence-electron chi connectivity index (χ3n) is 3.65. The number of ether oxygens (including phenoxy) is 2. The lowest BCUT2D eigenvalue weighted by Gasteiger charge is -2.08. The van der Waals surface area contributed by atoms with E-state index in [0.29, 0.717) is 5.56 Å². The number of hydrogen-bond donors (Lipinski definition) is 1. The van der Waals surface area contributed by atoms with Crippen LogP contribution in [0.3, 0.4) is 0 Å². The molecule has 0 aliphatic carbocycles. The molecule has 25 heavy (non-hydrogen) atoms. The lowest BCUT2D eigenvalue weighted by atomic mass is 10.0. The van der Waals surface area contributed by atoms with E-state index in [1.165, 1.54) is 6.07 Å². The molecule has 5 heteroatoms. The predicted molar refractivity (Wildman–Crippen MR) is 93.1 cm³/mol. The van der Waals surface area contributed by atoms with Gasteiger partial charge in [-0.05, 0) is 47.2 Å². The molecule has 1 N–H and O–H groups in total. The molecule has 0 radical (unpaired) electrons. The minimum atomic E-state index is -0.983. The summed E-state index contributed by atoms with van der Waals surface area (Å²) in [5, 5.41) is 10.5. The summed E-state index contributed by atoms with van der Waals surface area (Å²) in [7, 11) is 0. The van der Waals surface area contributed by atoms with Gasteiger partial charge in [0.2, 0.25) is 0 Å². The van der Waals surface area contributed by atoms with E-state index in [1.54, 1.807) is 30.3 Å². The highest BCUT2D eigenvalue weighted by molar-refractivity contribution is 5.98. The Kier molecular flexibility index (Phi) is 4.95. The van der Waals surface area contributed by atoms with Crippen LogP contribution in [0, 0.1) is 0 Å². The van der Waals surface area contributed by atoms with Gasteiger partial charge in [0.1, 0.15) is 19.0 Å². The highest BCUT2D eigenvalue weighted by Crippen LogP contribution is 2.19. The average molecular weight is 336 g/mol. The van der Waals surface area contributed by atoms with Crippen molar-refractivity contribution in [3.8, 4) is 5.75 Å². The molecular formula is C20H16O5. The molecule has 0 heterocycles. The number of carbonyl (C=O) groups excluding carboxylic acids is 1. The van der Waals surface area contributed by atoms with Crippen LogP contribution in [-0.4, -0.2) is 30.3 Å². The molecule has 3 rings (SSSR count). The molecule has 3 aromatic rings.